The molecular weight excluding hydrogens is 262 g/mol. The third-order valence-electron chi connectivity index (χ3n) is 2.81. The van der Waals surface area contributed by atoms with E-state index in [1.54, 1.807) is 12.3 Å². The van der Waals surface area contributed by atoms with Crippen LogP contribution in [0.4, 0.5) is 0 Å². The van der Waals surface area contributed by atoms with Crippen LogP contribution >= 0.6 is 11.3 Å². The van der Waals surface area contributed by atoms with Gasteiger partial charge in [-0.2, -0.15) is 0 Å². The molecule has 0 atom stereocenters. The van der Waals surface area contributed by atoms with Gasteiger partial charge in [-0.05, 0) is 30.7 Å². The molecule has 1 aromatic rings. The van der Waals surface area contributed by atoms with E-state index in [1.807, 2.05) is 0 Å². The number of hydrogen-bond donors (Lipinski definition) is 2. The van der Waals surface area contributed by atoms with Crippen molar-refractivity contribution < 1.29 is 18.3 Å². The average molecular weight is 275 g/mol. The molecule has 0 radical (unpaired) electrons. The molecule has 0 saturated heterocycles. The first-order chi connectivity index (χ1) is 7.92. The van der Waals surface area contributed by atoms with Gasteiger partial charge in [0, 0.05) is 6.04 Å². The zero-order chi connectivity index (χ0) is 12.6. The highest BCUT2D eigenvalue weighted by Crippen LogP contribution is 2.28. The normalized spacial score (nSPS) is 16.8. The molecular formula is C10H13NO4S2. The molecule has 0 amide bonds. The Kier molecular flexibility index (Phi) is 3.24. The molecule has 2 N–H and O–H groups in total. The number of aromatic carboxylic acids is 1. The Labute approximate surface area is 104 Å². The molecule has 0 aromatic carbocycles. The van der Waals surface area contributed by atoms with Crippen LogP contribution in [-0.2, 0) is 10.0 Å². The molecule has 94 valence electrons. The van der Waals surface area contributed by atoms with Crippen LogP contribution in [0, 0.1) is 6.92 Å². The minimum atomic E-state index is -3.70. The van der Waals surface area contributed by atoms with Crippen molar-refractivity contribution in [1.82, 2.24) is 4.72 Å². The van der Waals surface area contributed by atoms with Crippen LogP contribution < -0.4 is 4.72 Å². The molecule has 1 aromatic heterocycles. The molecule has 0 bridgehead atoms. The van der Waals surface area contributed by atoms with E-state index in [0.717, 1.165) is 30.6 Å². The Balaban J connectivity index is 2.37. The van der Waals surface area contributed by atoms with Crippen molar-refractivity contribution in [2.75, 3.05) is 0 Å². The van der Waals surface area contributed by atoms with Gasteiger partial charge in [0.2, 0.25) is 10.0 Å². The smallest absolute Gasteiger partial charge is 0.347 e. The maximum atomic E-state index is 12.1. The van der Waals surface area contributed by atoms with Gasteiger partial charge in [-0.1, -0.05) is 6.42 Å². The Bertz CT molecular complexity index is 543. The monoisotopic (exact) mass is 275 g/mol. The number of nitrogens with one attached hydrogen (secondary N) is 1. The van der Waals surface area contributed by atoms with Crippen LogP contribution in [0.1, 0.15) is 34.5 Å². The van der Waals surface area contributed by atoms with Crippen LogP contribution in [0.3, 0.4) is 0 Å². The van der Waals surface area contributed by atoms with E-state index in [9.17, 15) is 13.2 Å². The van der Waals surface area contributed by atoms with Gasteiger partial charge in [0.15, 0.2) is 0 Å². The Morgan fingerprint density at radius 1 is 1.53 bits per heavy atom. The number of rotatable bonds is 4. The molecule has 1 aliphatic rings. The lowest BCUT2D eigenvalue weighted by Crippen LogP contribution is -2.39. The molecule has 1 aliphatic carbocycles. The van der Waals surface area contributed by atoms with Crippen LogP contribution in [0.25, 0.3) is 0 Å². The van der Waals surface area contributed by atoms with Gasteiger partial charge < -0.3 is 5.11 Å². The fourth-order valence-corrected chi connectivity index (χ4v) is 4.66. The molecule has 7 heteroatoms. The number of thiophene rings is 1. The summed E-state index contributed by atoms with van der Waals surface area (Å²) < 4.78 is 26.7. The number of aryl methyl sites for hydroxylation is 1. The summed E-state index contributed by atoms with van der Waals surface area (Å²) in [5, 5.41) is 10.5. The highest BCUT2D eigenvalue weighted by molar-refractivity contribution is 7.89. The van der Waals surface area contributed by atoms with Crippen LogP contribution in [-0.4, -0.2) is 25.5 Å². The van der Waals surface area contributed by atoms with Crippen molar-refractivity contribution >= 4 is 27.3 Å². The molecule has 0 unspecified atom stereocenters. The summed E-state index contributed by atoms with van der Waals surface area (Å²) in [6.45, 7) is 1.61. The first-order valence-corrected chi connectivity index (χ1v) is 7.62. The van der Waals surface area contributed by atoms with Crippen molar-refractivity contribution in [2.45, 2.75) is 37.1 Å². The van der Waals surface area contributed by atoms with Crippen molar-refractivity contribution in [2.24, 2.45) is 0 Å². The molecule has 2 rings (SSSR count). The maximum absolute atomic E-state index is 12.1. The fourth-order valence-electron chi connectivity index (χ4n) is 1.72. The summed E-state index contributed by atoms with van der Waals surface area (Å²) in [5.74, 6) is -1.20. The van der Waals surface area contributed by atoms with Crippen molar-refractivity contribution in [3.8, 4) is 0 Å². The lowest BCUT2D eigenvalue weighted by molar-refractivity contribution is 0.0698. The number of sulfonamides is 1. The van der Waals surface area contributed by atoms with Crippen molar-refractivity contribution in [3.05, 3.63) is 15.8 Å². The Morgan fingerprint density at radius 3 is 2.65 bits per heavy atom. The number of carboxylic acids is 1. The zero-order valence-corrected chi connectivity index (χ0v) is 10.9. The number of carbonyl (C=O) groups is 1. The number of carboxylic acid groups (broad SMARTS) is 1. The summed E-state index contributed by atoms with van der Waals surface area (Å²) in [5.41, 5.74) is 0.485. The molecule has 1 fully saturated rings. The first-order valence-electron chi connectivity index (χ1n) is 5.25. The van der Waals surface area contributed by atoms with Gasteiger partial charge in [-0.25, -0.2) is 17.9 Å². The van der Waals surface area contributed by atoms with Crippen LogP contribution in [0.15, 0.2) is 10.3 Å². The SMILES string of the molecule is Cc1csc(C(=O)O)c1S(=O)(=O)NC1CCC1. The highest BCUT2D eigenvalue weighted by atomic mass is 32.2. The molecule has 1 heterocycles. The lowest BCUT2D eigenvalue weighted by Gasteiger charge is -2.26. The van der Waals surface area contributed by atoms with E-state index in [-0.39, 0.29) is 15.8 Å². The minimum Gasteiger partial charge on any atom is -0.477 e. The van der Waals surface area contributed by atoms with Crippen molar-refractivity contribution in [3.63, 3.8) is 0 Å². The van der Waals surface area contributed by atoms with E-state index in [0.29, 0.717) is 5.56 Å². The van der Waals surface area contributed by atoms with Crippen LogP contribution in [0.5, 0.6) is 0 Å². The topological polar surface area (TPSA) is 83.5 Å². The first kappa shape index (κ1) is 12.5. The van der Waals surface area contributed by atoms with E-state index < -0.39 is 16.0 Å². The van der Waals surface area contributed by atoms with Gasteiger partial charge in [0.25, 0.3) is 0 Å². The van der Waals surface area contributed by atoms with Gasteiger partial charge in [0.05, 0.1) is 0 Å². The predicted octanol–water partition coefficient (Wildman–Crippen LogP) is 1.59. The van der Waals surface area contributed by atoms with Gasteiger partial charge in [0.1, 0.15) is 9.77 Å². The predicted molar refractivity (Wildman–Crippen MR) is 64.0 cm³/mol. The largest absolute Gasteiger partial charge is 0.477 e. The summed E-state index contributed by atoms with van der Waals surface area (Å²) in [7, 11) is -3.70. The fraction of sp³-hybridized carbons (Fsp3) is 0.500. The summed E-state index contributed by atoms with van der Waals surface area (Å²) >= 11 is 0.945. The maximum Gasteiger partial charge on any atom is 0.347 e. The summed E-state index contributed by atoms with van der Waals surface area (Å²) in [6.07, 6.45) is 2.66. The van der Waals surface area contributed by atoms with Crippen LogP contribution in [0.2, 0.25) is 0 Å². The van der Waals surface area contributed by atoms with E-state index >= 15 is 0 Å². The highest BCUT2D eigenvalue weighted by Gasteiger charge is 2.30. The Hall–Kier alpha value is -0.920. The van der Waals surface area contributed by atoms with Gasteiger partial charge in [-0.3, -0.25) is 0 Å². The quantitative estimate of drug-likeness (QED) is 0.874. The van der Waals surface area contributed by atoms with Gasteiger partial charge >= 0.3 is 5.97 Å². The summed E-state index contributed by atoms with van der Waals surface area (Å²) in [6, 6.07) is -0.0408. The van der Waals surface area contributed by atoms with E-state index in [4.69, 9.17) is 5.11 Å². The molecule has 5 nitrogen and oxygen atoms in total. The van der Waals surface area contributed by atoms with E-state index in [2.05, 4.69) is 4.72 Å². The third kappa shape index (κ3) is 2.36. The average Bonchev–Trinajstić information content (AvgIpc) is 2.55. The van der Waals surface area contributed by atoms with E-state index in [1.165, 1.54) is 0 Å². The second-order valence-corrected chi connectivity index (χ2v) is 6.66. The Morgan fingerprint density at radius 2 is 2.18 bits per heavy atom. The van der Waals surface area contributed by atoms with Crippen molar-refractivity contribution in [1.29, 1.82) is 0 Å². The minimum absolute atomic E-state index is 0.0408. The second-order valence-electron chi connectivity index (χ2n) is 4.13. The molecule has 17 heavy (non-hydrogen) atoms. The molecule has 1 saturated carbocycles. The number of hydrogen-bond acceptors (Lipinski definition) is 4. The van der Waals surface area contributed by atoms with Gasteiger partial charge in [-0.15, -0.1) is 11.3 Å². The molecule has 0 spiro atoms. The lowest BCUT2D eigenvalue weighted by atomic mass is 9.94. The summed E-state index contributed by atoms with van der Waals surface area (Å²) in [4.78, 5) is 10.8. The molecule has 0 aliphatic heterocycles. The zero-order valence-electron chi connectivity index (χ0n) is 9.26. The third-order valence-corrected chi connectivity index (χ3v) is 5.73. The standard InChI is InChI=1S/C10H13NO4S2/c1-6-5-16-8(10(12)13)9(6)17(14,15)11-7-3-2-4-7/h5,7,11H,2-4H2,1H3,(H,12,13). The second kappa shape index (κ2) is 4.40.